The first-order chi connectivity index (χ1) is 10.3. The van der Waals surface area contributed by atoms with Gasteiger partial charge in [-0.25, -0.2) is 4.68 Å². The van der Waals surface area contributed by atoms with Crippen molar-refractivity contribution in [2.24, 2.45) is 0 Å². The van der Waals surface area contributed by atoms with Crippen LogP contribution in [0.2, 0.25) is 0 Å². The average molecular weight is 297 g/mol. The third-order valence-corrected chi connectivity index (χ3v) is 4.00. The first-order valence-corrected chi connectivity index (χ1v) is 7.65. The van der Waals surface area contributed by atoms with Crippen molar-refractivity contribution >= 4 is 23.1 Å². The molecule has 0 aliphatic heterocycles. The van der Waals surface area contributed by atoms with E-state index in [-0.39, 0.29) is 5.91 Å². The molecule has 106 valence electrons. The smallest absolute Gasteiger partial charge is 0.266 e. The van der Waals surface area contributed by atoms with Gasteiger partial charge in [0.15, 0.2) is 5.82 Å². The van der Waals surface area contributed by atoms with Crippen LogP contribution in [0.3, 0.4) is 0 Å². The minimum atomic E-state index is -0.120. The van der Waals surface area contributed by atoms with Crippen LogP contribution in [-0.4, -0.2) is 15.7 Å². The fourth-order valence-electron chi connectivity index (χ4n) is 2.11. The second-order valence-corrected chi connectivity index (χ2v) is 5.50. The molecule has 21 heavy (non-hydrogen) atoms. The predicted octanol–water partition coefficient (Wildman–Crippen LogP) is 3.75. The lowest BCUT2D eigenvalue weighted by Gasteiger charge is -2.04. The van der Waals surface area contributed by atoms with Crippen LogP contribution in [0.4, 0.5) is 5.82 Å². The molecule has 0 saturated heterocycles. The molecule has 1 aromatic carbocycles. The normalized spacial score (nSPS) is 10.5. The highest BCUT2D eigenvalue weighted by Crippen LogP contribution is 2.18. The molecule has 2 aromatic heterocycles. The van der Waals surface area contributed by atoms with Gasteiger partial charge in [-0.15, -0.1) is 16.4 Å². The molecule has 5 heteroatoms. The van der Waals surface area contributed by atoms with E-state index in [2.05, 4.69) is 17.3 Å². The summed E-state index contributed by atoms with van der Waals surface area (Å²) in [5.74, 6) is 0.458. The van der Waals surface area contributed by atoms with Gasteiger partial charge >= 0.3 is 0 Å². The van der Waals surface area contributed by atoms with E-state index >= 15 is 0 Å². The highest BCUT2D eigenvalue weighted by Gasteiger charge is 2.12. The van der Waals surface area contributed by atoms with Crippen LogP contribution in [0.5, 0.6) is 0 Å². The van der Waals surface area contributed by atoms with Gasteiger partial charge in [0.2, 0.25) is 0 Å². The average Bonchev–Trinajstić information content (AvgIpc) is 3.17. The van der Waals surface area contributed by atoms with E-state index in [4.69, 9.17) is 0 Å². The Hall–Kier alpha value is -2.40. The van der Waals surface area contributed by atoms with Gasteiger partial charge in [0.1, 0.15) is 0 Å². The Morgan fingerprint density at radius 1 is 1.24 bits per heavy atom. The fourth-order valence-corrected chi connectivity index (χ4v) is 2.73. The van der Waals surface area contributed by atoms with Gasteiger partial charge in [-0.2, -0.15) is 0 Å². The van der Waals surface area contributed by atoms with Gasteiger partial charge in [0, 0.05) is 11.8 Å². The van der Waals surface area contributed by atoms with Gasteiger partial charge in [-0.05, 0) is 30.0 Å². The summed E-state index contributed by atoms with van der Waals surface area (Å²) >= 11 is 1.42. The quantitative estimate of drug-likeness (QED) is 0.797. The highest BCUT2D eigenvalue weighted by molar-refractivity contribution is 7.12. The zero-order valence-electron chi connectivity index (χ0n) is 11.6. The minimum Gasteiger partial charge on any atom is -0.304 e. The summed E-state index contributed by atoms with van der Waals surface area (Å²) in [6, 6.07) is 15.5. The molecule has 0 spiro atoms. The number of carbonyl (C=O) groups is 1. The first kappa shape index (κ1) is 13.6. The number of anilines is 1. The second-order valence-electron chi connectivity index (χ2n) is 4.55. The topological polar surface area (TPSA) is 46.9 Å². The van der Waals surface area contributed by atoms with Gasteiger partial charge in [0.05, 0.1) is 10.6 Å². The summed E-state index contributed by atoms with van der Waals surface area (Å²) in [5.41, 5.74) is 2.05. The zero-order chi connectivity index (χ0) is 14.7. The summed E-state index contributed by atoms with van der Waals surface area (Å²) in [6.45, 7) is 2.07. The number of hydrogen-bond acceptors (Lipinski definition) is 3. The van der Waals surface area contributed by atoms with Crippen molar-refractivity contribution in [3.63, 3.8) is 0 Å². The molecular weight excluding hydrogens is 282 g/mol. The van der Waals surface area contributed by atoms with Crippen LogP contribution in [0, 0.1) is 0 Å². The summed E-state index contributed by atoms with van der Waals surface area (Å²) in [6.07, 6.45) is 0.844. The Morgan fingerprint density at radius 3 is 2.71 bits per heavy atom. The summed E-state index contributed by atoms with van der Waals surface area (Å²) in [4.78, 5) is 12.8. The van der Waals surface area contributed by atoms with Crippen molar-refractivity contribution in [3.8, 4) is 5.69 Å². The Balaban J connectivity index is 1.88. The molecule has 0 aliphatic carbocycles. The number of benzene rings is 1. The van der Waals surface area contributed by atoms with Crippen molar-refractivity contribution in [3.05, 3.63) is 64.5 Å². The lowest BCUT2D eigenvalue weighted by Crippen LogP contribution is -2.11. The Bertz CT molecular complexity index is 732. The zero-order valence-corrected chi connectivity index (χ0v) is 12.4. The first-order valence-electron chi connectivity index (χ1n) is 6.77. The van der Waals surface area contributed by atoms with Gasteiger partial charge in [-0.3, -0.25) is 4.79 Å². The number of aromatic nitrogens is 2. The van der Waals surface area contributed by atoms with E-state index in [1.807, 2.05) is 52.5 Å². The SMILES string of the molecule is CCc1cc(NC(=O)c2cccs2)nn1-c1ccccc1. The van der Waals surface area contributed by atoms with Crippen LogP contribution in [-0.2, 0) is 6.42 Å². The number of nitrogens with zero attached hydrogens (tertiary/aromatic N) is 2. The van der Waals surface area contributed by atoms with Crippen LogP contribution in [0.1, 0.15) is 22.3 Å². The molecule has 0 bridgehead atoms. The predicted molar refractivity (Wildman–Crippen MR) is 85.2 cm³/mol. The molecule has 0 saturated carbocycles. The van der Waals surface area contributed by atoms with Crippen LogP contribution in [0.25, 0.3) is 5.69 Å². The molecule has 3 aromatic rings. The molecule has 0 atom stereocenters. The standard InChI is InChI=1S/C16H15N3OS/c1-2-12-11-15(17-16(20)14-9-6-10-21-14)18-19(12)13-7-4-3-5-8-13/h3-11H,2H2,1H3,(H,17,18,20). The van der Waals surface area contributed by atoms with E-state index in [0.29, 0.717) is 10.7 Å². The van der Waals surface area contributed by atoms with Crippen molar-refractivity contribution < 1.29 is 4.79 Å². The maximum atomic E-state index is 12.1. The Kier molecular flexibility index (Phi) is 3.83. The number of hydrogen-bond donors (Lipinski definition) is 1. The van der Waals surface area contributed by atoms with Gasteiger partial charge < -0.3 is 5.32 Å². The molecule has 0 aliphatic rings. The molecule has 0 unspecified atom stereocenters. The van der Waals surface area contributed by atoms with Gasteiger partial charge in [-0.1, -0.05) is 31.2 Å². The van der Waals surface area contributed by atoms with E-state index in [1.54, 1.807) is 6.07 Å². The molecule has 0 radical (unpaired) electrons. The third kappa shape index (κ3) is 2.87. The number of carbonyl (C=O) groups excluding carboxylic acids is 1. The Morgan fingerprint density at radius 2 is 2.05 bits per heavy atom. The van der Waals surface area contributed by atoms with E-state index in [0.717, 1.165) is 17.8 Å². The maximum Gasteiger partial charge on any atom is 0.266 e. The van der Waals surface area contributed by atoms with Crippen molar-refractivity contribution in [1.29, 1.82) is 0 Å². The number of thiophene rings is 1. The maximum absolute atomic E-state index is 12.1. The Labute approximate surface area is 127 Å². The number of rotatable bonds is 4. The fraction of sp³-hybridized carbons (Fsp3) is 0.125. The summed E-state index contributed by atoms with van der Waals surface area (Å²) in [7, 11) is 0. The molecule has 1 amide bonds. The van der Waals surface area contributed by atoms with E-state index < -0.39 is 0 Å². The van der Waals surface area contributed by atoms with E-state index in [1.165, 1.54) is 11.3 Å². The van der Waals surface area contributed by atoms with Gasteiger partial charge in [0.25, 0.3) is 5.91 Å². The van der Waals surface area contributed by atoms with Crippen LogP contribution in [0.15, 0.2) is 53.9 Å². The molecule has 0 fully saturated rings. The summed E-state index contributed by atoms with van der Waals surface area (Å²) in [5, 5.41) is 9.22. The van der Waals surface area contributed by atoms with Crippen molar-refractivity contribution in [2.75, 3.05) is 5.32 Å². The number of amides is 1. The largest absolute Gasteiger partial charge is 0.304 e. The lowest BCUT2D eigenvalue weighted by atomic mass is 10.3. The second kappa shape index (κ2) is 5.93. The van der Waals surface area contributed by atoms with Crippen molar-refractivity contribution in [1.82, 2.24) is 9.78 Å². The van der Waals surface area contributed by atoms with E-state index in [9.17, 15) is 4.79 Å². The molecular formula is C16H15N3OS. The monoisotopic (exact) mass is 297 g/mol. The summed E-state index contributed by atoms with van der Waals surface area (Å²) < 4.78 is 1.87. The minimum absolute atomic E-state index is 0.120. The molecule has 1 N–H and O–H groups in total. The number of nitrogens with one attached hydrogen (secondary N) is 1. The molecule has 3 rings (SSSR count). The lowest BCUT2D eigenvalue weighted by molar-refractivity contribution is 0.103. The third-order valence-electron chi connectivity index (χ3n) is 3.13. The van der Waals surface area contributed by atoms with Crippen LogP contribution >= 0.6 is 11.3 Å². The van der Waals surface area contributed by atoms with Crippen molar-refractivity contribution in [2.45, 2.75) is 13.3 Å². The number of aryl methyl sites for hydroxylation is 1. The van der Waals surface area contributed by atoms with Crippen LogP contribution < -0.4 is 5.32 Å². The molecule has 2 heterocycles. The number of para-hydroxylation sites is 1. The highest BCUT2D eigenvalue weighted by atomic mass is 32.1. The molecule has 4 nitrogen and oxygen atoms in total.